The molecule has 0 N–H and O–H groups in total. The standard InChI is InChI=1S/C12H21N3O2/c1-5-11-13-12(17-14-11)10(4)15-6-8(2)16-9(3)7-15/h8-10H,5-7H2,1-4H3/t8-,9+,10-/m0/s1. The van der Waals surface area contributed by atoms with Crippen molar-refractivity contribution in [3.63, 3.8) is 0 Å². The van der Waals surface area contributed by atoms with E-state index < -0.39 is 0 Å². The SMILES string of the molecule is CCc1noc([C@H](C)N2C[C@@H](C)O[C@@H](C)C2)n1. The van der Waals surface area contributed by atoms with E-state index in [4.69, 9.17) is 9.26 Å². The Hall–Kier alpha value is -0.940. The molecular weight excluding hydrogens is 218 g/mol. The quantitative estimate of drug-likeness (QED) is 0.805. The first-order valence-corrected chi connectivity index (χ1v) is 6.32. The number of nitrogens with zero attached hydrogens (tertiary/aromatic N) is 3. The second kappa shape index (κ2) is 5.14. The van der Waals surface area contributed by atoms with Gasteiger partial charge in [-0.15, -0.1) is 0 Å². The fourth-order valence-corrected chi connectivity index (χ4v) is 2.27. The van der Waals surface area contributed by atoms with Gasteiger partial charge in [-0.1, -0.05) is 12.1 Å². The highest BCUT2D eigenvalue weighted by Crippen LogP contribution is 2.23. The van der Waals surface area contributed by atoms with Crippen LogP contribution in [0.25, 0.3) is 0 Å². The lowest BCUT2D eigenvalue weighted by Crippen LogP contribution is -2.46. The molecule has 1 aliphatic heterocycles. The summed E-state index contributed by atoms with van der Waals surface area (Å²) in [6, 6.07) is 0.164. The van der Waals surface area contributed by atoms with Gasteiger partial charge in [0.1, 0.15) is 0 Å². The molecule has 0 radical (unpaired) electrons. The topological polar surface area (TPSA) is 51.4 Å². The number of rotatable bonds is 3. The van der Waals surface area contributed by atoms with Crippen LogP contribution in [0.2, 0.25) is 0 Å². The molecule has 0 spiro atoms. The zero-order valence-electron chi connectivity index (χ0n) is 11.0. The Bertz CT molecular complexity index is 356. The number of ether oxygens (including phenoxy) is 1. The summed E-state index contributed by atoms with van der Waals surface area (Å²) in [6.07, 6.45) is 1.33. The first kappa shape index (κ1) is 12.5. The average molecular weight is 239 g/mol. The van der Waals surface area contributed by atoms with Gasteiger partial charge in [0.15, 0.2) is 5.82 Å². The zero-order chi connectivity index (χ0) is 12.4. The van der Waals surface area contributed by atoms with Gasteiger partial charge in [-0.25, -0.2) is 0 Å². The van der Waals surface area contributed by atoms with Crippen molar-refractivity contribution >= 4 is 0 Å². The van der Waals surface area contributed by atoms with E-state index in [1.807, 2.05) is 6.92 Å². The molecular formula is C12H21N3O2. The summed E-state index contributed by atoms with van der Waals surface area (Å²) in [7, 11) is 0. The minimum Gasteiger partial charge on any atom is -0.373 e. The van der Waals surface area contributed by atoms with Gasteiger partial charge in [-0.2, -0.15) is 4.98 Å². The van der Waals surface area contributed by atoms with Gasteiger partial charge in [0.25, 0.3) is 0 Å². The van der Waals surface area contributed by atoms with E-state index in [0.29, 0.717) is 5.89 Å². The molecule has 2 rings (SSSR count). The summed E-state index contributed by atoms with van der Waals surface area (Å²) in [5.74, 6) is 1.49. The lowest BCUT2D eigenvalue weighted by molar-refractivity contribution is -0.0818. The number of morpholine rings is 1. The molecule has 17 heavy (non-hydrogen) atoms. The van der Waals surface area contributed by atoms with E-state index in [0.717, 1.165) is 25.3 Å². The van der Waals surface area contributed by atoms with Crippen LogP contribution < -0.4 is 0 Å². The summed E-state index contributed by atoms with van der Waals surface area (Å²) >= 11 is 0. The Morgan fingerprint density at radius 3 is 2.53 bits per heavy atom. The number of hydrogen-bond acceptors (Lipinski definition) is 5. The Morgan fingerprint density at radius 2 is 2.00 bits per heavy atom. The molecule has 96 valence electrons. The second-order valence-corrected chi connectivity index (χ2v) is 4.79. The minimum absolute atomic E-state index is 0.164. The lowest BCUT2D eigenvalue weighted by atomic mass is 10.2. The zero-order valence-corrected chi connectivity index (χ0v) is 11.0. The molecule has 1 aromatic rings. The van der Waals surface area contributed by atoms with Crippen LogP contribution >= 0.6 is 0 Å². The van der Waals surface area contributed by atoms with Crippen LogP contribution in [0.4, 0.5) is 0 Å². The Morgan fingerprint density at radius 1 is 1.35 bits per heavy atom. The minimum atomic E-state index is 0.164. The van der Waals surface area contributed by atoms with Crippen LogP contribution in [0.3, 0.4) is 0 Å². The van der Waals surface area contributed by atoms with Gasteiger partial charge in [-0.3, -0.25) is 4.90 Å². The van der Waals surface area contributed by atoms with Crippen molar-refractivity contribution in [2.75, 3.05) is 13.1 Å². The van der Waals surface area contributed by atoms with E-state index in [1.165, 1.54) is 0 Å². The van der Waals surface area contributed by atoms with Gasteiger partial charge < -0.3 is 9.26 Å². The monoisotopic (exact) mass is 239 g/mol. The number of aromatic nitrogens is 2. The van der Waals surface area contributed by atoms with E-state index in [-0.39, 0.29) is 18.2 Å². The molecule has 0 amide bonds. The van der Waals surface area contributed by atoms with Gasteiger partial charge in [0, 0.05) is 19.5 Å². The summed E-state index contributed by atoms with van der Waals surface area (Å²) in [4.78, 5) is 6.73. The van der Waals surface area contributed by atoms with E-state index in [9.17, 15) is 0 Å². The summed E-state index contributed by atoms with van der Waals surface area (Å²) in [5.41, 5.74) is 0. The third kappa shape index (κ3) is 2.84. The van der Waals surface area contributed by atoms with Gasteiger partial charge >= 0.3 is 0 Å². The molecule has 0 saturated carbocycles. The molecule has 1 fully saturated rings. The summed E-state index contributed by atoms with van der Waals surface area (Å²) in [5, 5.41) is 3.94. The first-order chi connectivity index (χ1) is 8.10. The highest BCUT2D eigenvalue weighted by atomic mass is 16.5. The maximum atomic E-state index is 5.72. The summed E-state index contributed by atoms with van der Waals surface area (Å²) < 4.78 is 11.0. The number of aryl methyl sites for hydroxylation is 1. The van der Waals surface area contributed by atoms with Crippen molar-refractivity contribution in [2.45, 2.75) is 52.4 Å². The maximum Gasteiger partial charge on any atom is 0.243 e. The van der Waals surface area contributed by atoms with E-state index in [2.05, 4.69) is 35.8 Å². The van der Waals surface area contributed by atoms with Crippen LogP contribution in [-0.4, -0.2) is 40.3 Å². The molecule has 0 aliphatic carbocycles. The largest absolute Gasteiger partial charge is 0.373 e. The van der Waals surface area contributed by atoms with Crippen molar-refractivity contribution in [3.05, 3.63) is 11.7 Å². The molecule has 5 heteroatoms. The van der Waals surface area contributed by atoms with E-state index >= 15 is 0 Å². The fraction of sp³-hybridized carbons (Fsp3) is 0.833. The third-order valence-corrected chi connectivity index (χ3v) is 3.15. The highest BCUT2D eigenvalue weighted by molar-refractivity contribution is 4.93. The Labute approximate surface area is 102 Å². The van der Waals surface area contributed by atoms with Crippen molar-refractivity contribution in [1.82, 2.24) is 15.0 Å². The molecule has 0 aromatic carbocycles. The number of hydrogen-bond donors (Lipinski definition) is 0. The summed E-state index contributed by atoms with van der Waals surface area (Å²) in [6.45, 7) is 10.2. The second-order valence-electron chi connectivity index (χ2n) is 4.79. The molecule has 0 bridgehead atoms. The third-order valence-electron chi connectivity index (χ3n) is 3.15. The molecule has 1 aliphatic rings. The molecule has 5 nitrogen and oxygen atoms in total. The van der Waals surface area contributed by atoms with E-state index in [1.54, 1.807) is 0 Å². The van der Waals surface area contributed by atoms with Gasteiger partial charge in [-0.05, 0) is 20.8 Å². The Kier molecular flexibility index (Phi) is 3.79. The van der Waals surface area contributed by atoms with Crippen molar-refractivity contribution in [3.8, 4) is 0 Å². The maximum absolute atomic E-state index is 5.72. The van der Waals surface area contributed by atoms with Crippen LogP contribution in [0.15, 0.2) is 4.52 Å². The van der Waals surface area contributed by atoms with Crippen LogP contribution in [0.1, 0.15) is 45.5 Å². The fourth-order valence-electron chi connectivity index (χ4n) is 2.27. The molecule has 0 unspecified atom stereocenters. The van der Waals surface area contributed by atoms with Crippen molar-refractivity contribution in [2.24, 2.45) is 0 Å². The first-order valence-electron chi connectivity index (χ1n) is 6.32. The van der Waals surface area contributed by atoms with Gasteiger partial charge in [0.2, 0.25) is 5.89 Å². The van der Waals surface area contributed by atoms with Crippen LogP contribution in [0.5, 0.6) is 0 Å². The average Bonchev–Trinajstić information content (AvgIpc) is 2.75. The smallest absolute Gasteiger partial charge is 0.243 e. The lowest BCUT2D eigenvalue weighted by Gasteiger charge is -2.37. The highest BCUT2D eigenvalue weighted by Gasteiger charge is 2.29. The van der Waals surface area contributed by atoms with Crippen LogP contribution in [0, 0.1) is 0 Å². The predicted molar refractivity (Wildman–Crippen MR) is 63.7 cm³/mol. The molecule has 1 saturated heterocycles. The molecule has 2 heterocycles. The van der Waals surface area contributed by atoms with Crippen molar-refractivity contribution < 1.29 is 9.26 Å². The van der Waals surface area contributed by atoms with Crippen molar-refractivity contribution in [1.29, 1.82) is 0 Å². The molecule has 3 atom stereocenters. The predicted octanol–water partition coefficient (Wildman–Crippen LogP) is 1.80. The normalized spacial score (nSPS) is 28.2. The van der Waals surface area contributed by atoms with Crippen LogP contribution in [-0.2, 0) is 11.2 Å². The Balaban J connectivity index is 2.05. The molecule has 1 aromatic heterocycles. The van der Waals surface area contributed by atoms with Gasteiger partial charge in [0.05, 0.1) is 18.2 Å².